The lowest BCUT2D eigenvalue weighted by molar-refractivity contribution is -0.118. The summed E-state index contributed by atoms with van der Waals surface area (Å²) in [5, 5.41) is 18.3. The van der Waals surface area contributed by atoms with Gasteiger partial charge in [-0.05, 0) is 152 Å². The maximum absolute atomic E-state index is 14.2. The van der Waals surface area contributed by atoms with Gasteiger partial charge in [-0.15, -0.1) is 0 Å². The van der Waals surface area contributed by atoms with Gasteiger partial charge in [0.05, 0.1) is 57.7 Å². The number of methoxy groups -OCH3 is 1. The molecule has 18 heteroatoms. The number of fused-ring (bicyclic) bond motifs is 2. The lowest BCUT2D eigenvalue weighted by Gasteiger charge is -2.32. The minimum absolute atomic E-state index is 0.107. The predicted octanol–water partition coefficient (Wildman–Crippen LogP) is 12.5. The molecule has 2 aliphatic heterocycles. The Hall–Kier alpha value is -7.18. The Balaban J connectivity index is 0.000000161. The van der Waals surface area contributed by atoms with E-state index in [1.165, 1.54) is 12.1 Å². The van der Waals surface area contributed by atoms with Crippen LogP contribution in [0.3, 0.4) is 0 Å². The third-order valence-corrected chi connectivity index (χ3v) is 15.8. The molecule has 12 rings (SSSR count). The van der Waals surface area contributed by atoms with Crippen LogP contribution < -0.4 is 9.80 Å². The van der Waals surface area contributed by atoms with E-state index in [0.717, 1.165) is 142 Å². The molecule has 4 aromatic carbocycles. The first-order valence-corrected chi connectivity index (χ1v) is 25.8. The number of hydrogen-bond donors (Lipinski definition) is 1. The number of carbonyl (C=O) groups is 2. The van der Waals surface area contributed by atoms with Gasteiger partial charge < -0.3 is 37.8 Å². The normalized spacial score (nSPS) is 22.2. The number of anilines is 2. The molecular weight excluding hydrogens is 969 g/mol. The third kappa shape index (κ3) is 9.19. The van der Waals surface area contributed by atoms with E-state index >= 15 is 0 Å². The van der Waals surface area contributed by atoms with Crippen LogP contribution in [0.15, 0.2) is 81.8 Å². The molecule has 0 spiro atoms. The zero-order chi connectivity index (χ0) is 52.4. The first-order valence-electron chi connectivity index (χ1n) is 25.8. The number of carbonyl (C=O) groups excluding carboxylic acids is 2. The number of nitrogens with zero attached hydrogens (tertiary/aromatic N) is 8. The summed E-state index contributed by atoms with van der Waals surface area (Å²) in [4.78, 5) is 39.4. The van der Waals surface area contributed by atoms with E-state index in [4.69, 9.17) is 23.8 Å². The molecule has 4 aromatic heterocycles. The van der Waals surface area contributed by atoms with E-state index in [-0.39, 0.29) is 42.1 Å². The van der Waals surface area contributed by atoms with Gasteiger partial charge in [-0.1, -0.05) is 22.4 Å². The smallest absolute Gasteiger partial charge is 0.227 e. The molecule has 2 saturated carbocycles. The molecule has 75 heavy (non-hydrogen) atoms. The quantitative estimate of drug-likeness (QED) is 0.138. The second-order valence-corrected chi connectivity index (χ2v) is 20.4. The van der Waals surface area contributed by atoms with E-state index in [1.807, 2.05) is 52.0 Å². The van der Waals surface area contributed by atoms with E-state index in [1.54, 1.807) is 16.9 Å². The average Bonchev–Trinajstić information content (AvgIpc) is 4.28. The van der Waals surface area contributed by atoms with Crippen LogP contribution in [0.2, 0.25) is 0 Å². The van der Waals surface area contributed by atoms with E-state index in [9.17, 15) is 32.3 Å². The Bertz CT molecular complexity index is 3440. The Labute approximate surface area is 430 Å². The molecule has 0 bridgehead atoms. The average molecular weight is 1030 g/mol. The van der Waals surface area contributed by atoms with E-state index in [2.05, 4.69) is 31.6 Å². The molecule has 6 heterocycles. The number of aryl methyl sites for hydroxylation is 4. The van der Waals surface area contributed by atoms with Gasteiger partial charge in [-0.2, -0.15) is 0 Å². The number of halogens is 4. The molecule has 14 nitrogen and oxygen atoms in total. The van der Waals surface area contributed by atoms with Gasteiger partial charge in [0.25, 0.3) is 0 Å². The topological polar surface area (TPSA) is 158 Å². The lowest BCUT2D eigenvalue weighted by Crippen LogP contribution is -2.31. The number of aromatic nitrogens is 6. The minimum atomic E-state index is -0.991. The van der Waals surface area contributed by atoms with Crippen LogP contribution >= 0.6 is 0 Å². The Kier molecular flexibility index (Phi) is 13.4. The maximum Gasteiger partial charge on any atom is 0.227 e. The molecule has 1 N–H and O–H groups in total. The fraction of sp³-hybridized carbons (Fsp3) is 0.404. The molecule has 2 aliphatic carbocycles. The molecule has 0 unspecified atom stereocenters. The zero-order valence-electron chi connectivity index (χ0n) is 42.5. The number of amides is 2. The van der Waals surface area contributed by atoms with Gasteiger partial charge in [-0.3, -0.25) is 9.59 Å². The Morgan fingerprint density at radius 1 is 0.547 bits per heavy atom. The van der Waals surface area contributed by atoms with E-state index in [0.29, 0.717) is 49.9 Å². The van der Waals surface area contributed by atoms with Crippen molar-refractivity contribution in [2.45, 2.75) is 141 Å². The van der Waals surface area contributed by atoms with Crippen molar-refractivity contribution in [3.8, 4) is 22.3 Å². The van der Waals surface area contributed by atoms with Crippen molar-refractivity contribution < 1.29 is 46.0 Å². The summed E-state index contributed by atoms with van der Waals surface area (Å²) in [5.41, 5.74) is 9.58. The fourth-order valence-electron chi connectivity index (χ4n) is 12.2. The van der Waals surface area contributed by atoms with Crippen molar-refractivity contribution in [1.82, 2.24) is 29.4 Å². The zero-order valence-corrected chi connectivity index (χ0v) is 42.5. The molecule has 2 saturated heterocycles. The molecule has 2 amide bonds. The molecule has 4 fully saturated rings. The summed E-state index contributed by atoms with van der Waals surface area (Å²) >= 11 is 0. The van der Waals surface area contributed by atoms with Crippen molar-refractivity contribution in [1.29, 1.82) is 0 Å². The highest BCUT2D eigenvalue weighted by molar-refractivity contribution is 5.97. The summed E-state index contributed by atoms with van der Waals surface area (Å²) in [6.45, 7) is 7.58. The molecule has 4 aliphatic rings. The van der Waals surface area contributed by atoms with Crippen LogP contribution in [0.25, 0.3) is 44.3 Å². The van der Waals surface area contributed by atoms with Gasteiger partial charge in [0.2, 0.25) is 11.8 Å². The standard InChI is InChI=1S/C29H30F2N4O3.C28H28F2N4O3/c1-16-28(17(2)38-33-16)18-4-11-25-24(14-18)32-29(35(25)19-5-8-21(37-3)9-6-19)26-12-13-27(36)34(26)20-7-10-22(30)23(31)15-20;1-15-27(16(2)37-32-15)17-3-10-24-23(13-17)31-28(34(24)18-4-7-20(35)8-5-18)25-11-12-26(36)33(25)19-6-9-21(29)22(30)14-19/h4,7,10-11,14-15,19,21,26H,5-6,8-9,12-13H2,1-3H3;3,6,9-10,13-14,18,20,25,35H,4-5,7-8,11-12H2,1-2H3/t19?,21?,26-;18?,20?,25-/m00/s1. The number of rotatable bonds is 9. The summed E-state index contributed by atoms with van der Waals surface area (Å²) in [6.07, 6.45) is 8.29. The van der Waals surface area contributed by atoms with Crippen LogP contribution in [0.5, 0.6) is 0 Å². The number of aliphatic hydroxyl groups is 1. The molecule has 0 radical (unpaired) electrons. The second-order valence-electron chi connectivity index (χ2n) is 20.4. The fourth-order valence-corrected chi connectivity index (χ4v) is 12.2. The molecule has 2 atom stereocenters. The summed E-state index contributed by atoms with van der Waals surface area (Å²) in [6, 6.07) is 18.9. The molecule has 8 aromatic rings. The van der Waals surface area contributed by atoms with Gasteiger partial charge in [0, 0.05) is 66.7 Å². The molecular formula is C57H58F4N8O6. The highest BCUT2D eigenvalue weighted by Crippen LogP contribution is 2.45. The highest BCUT2D eigenvalue weighted by Gasteiger charge is 2.41. The second kappa shape index (κ2) is 20.2. The monoisotopic (exact) mass is 1030 g/mol. The van der Waals surface area contributed by atoms with Crippen molar-refractivity contribution in [3.63, 3.8) is 0 Å². The number of imidazole rings is 2. The number of benzene rings is 4. The van der Waals surface area contributed by atoms with Crippen molar-refractivity contribution >= 4 is 45.3 Å². The van der Waals surface area contributed by atoms with Gasteiger partial charge in [0.15, 0.2) is 23.3 Å². The predicted molar refractivity (Wildman–Crippen MR) is 273 cm³/mol. The van der Waals surface area contributed by atoms with Crippen molar-refractivity contribution in [2.75, 3.05) is 16.9 Å². The summed E-state index contributed by atoms with van der Waals surface area (Å²) < 4.78 is 76.5. The first kappa shape index (κ1) is 50.0. The largest absolute Gasteiger partial charge is 0.393 e. The summed E-state index contributed by atoms with van der Waals surface area (Å²) in [5.74, 6) is -1.17. The summed E-state index contributed by atoms with van der Waals surface area (Å²) in [7, 11) is 1.75. The van der Waals surface area contributed by atoms with Gasteiger partial charge in [0.1, 0.15) is 23.2 Å². The van der Waals surface area contributed by atoms with Crippen LogP contribution in [-0.4, -0.2) is 65.7 Å². The van der Waals surface area contributed by atoms with Crippen LogP contribution in [-0.2, 0) is 14.3 Å². The van der Waals surface area contributed by atoms with Gasteiger partial charge >= 0.3 is 0 Å². The number of hydrogen-bond acceptors (Lipinski definition) is 10. The van der Waals surface area contributed by atoms with Crippen molar-refractivity contribution in [3.05, 3.63) is 131 Å². The van der Waals surface area contributed by atoms with Crippen LogP contribution in [0, 0.1) is 51.0 Å². The molecule has 390 valence electrons. The maximum atomic E-state index is 14.2. The van der Waals surface area contributed by atoms with Crippen LogP contribution in [0.4, 0.5) is 28.9 Å². The number of ether oxygens (including phenoxy) is 1. The Morgan fingerprint density at radius 2 is 0.973 bits per heavy atom. The Morgan fingerprint density at radius 3 is 1.36 bits per heavy atom. The first-order chi connectivity index (χ1) is 36.2. The third-order valence-electron chi connectivity index (χ3n) is 15.8. The minimum Gasteiger partial charge on any atom is -0.393 e. The highest BCUT2D eigenvalue weighted by atomic mass is 19.2. The van der Waals surface area contributed by atoms with Crippen LogP contribution in [0.1, 0.15) is 136 Å². The SMILES string of the molecule is COC1CCC(n2c([C@@H]3CCC(=O)N3c3ccc(F)c(F)c3)nc3cc(-c4c(C)noc4C)ccc32)CC1.Cc1noc(C)c1-c1ccc2c(c1)nc([C@@H]1CCC(=O)N1c1ccc(F)c(F)c1)n2C1CCC(O)CC1. The lowest BCUT2D eigenvalue weighted by atomic mass is 9.92. The van der Waals surface area contributed by atoms with Crippen molar-refractivity contribution in [2.24, 2.45) is 0 Å². The number of aliphatic hydroxyl groups excluding tert-OH is 1. The van der Waals surface area contributed by atoms with E-state index < -0.39 is 29.3 Å². The van der Waals surface area contributed by atoms with Gasteiger partial charge in [-0.25, -0.2) is 27.5 Å².